The van der Waals surface area contributed by atoms with Gasteiger partial charge in [0.1, 0.15) is 5.75 Å². The van der Waals surface area contributed by atoms with Crippen molar-refractivity contribution in [1.29, 1.82) is 0 Å². The molecule has 0 saturated carbocycles. The Labute approximate surface area is 159 Å². The van der Waals surface area contributed by atoms with Gasteiger partial charge in [-0.2, -0.15) is 13.2 Å². The SMILES string of the molecule is CCN1CCC[C@@H](Nc2nnc(-c3ccc(C(F)(F)F)cc3O)c(=O)n2C)C1. The van der Waals surface area contributed by atoms with Crippen LogP contribution in [0.3, 0.4) is 0 Å². The monoisotopic (exact) mass is 397 g/mol. The zero-order valence-electron chi connectivity index (χ0n) is 15.6. The molecule has 2 heterocycles. The van der Waals surface area contributed by atoms with Crippen LogP contribution < -0.4 is 10.9 Å². The van der Waals surface area contributed by atoms with Gasteiger partial charge in [-0.25, -0.2) is 0 Å². The Morgan fingerprint density at radius 1 is 1.32 bits per heavy atom. The number of likely N-dealkylation sites (N-methyl/N-ethyl adjacent to an activating group) is 1. The number of alkyl halides is 3. The number of aromatic hydroxyl groups is 1. The van der Waals surface area contributed by atoms with E-state index in [0.717, 1.165) is 44.6 Å². The second kappa shape index (κ2) is 7.78. The van der Waals surface area contributed by atoms with Crippen molar-refractivity contribution in [2.24, 2.45) is 7.05 Å². The number of hydrogen-bond donors (Lipinski definition) is 2. The number of rotatable bonds is 4. The Balaban J connectivity index is 1.87. The van der Waals surface area contributed by atoms with Crippen LogP contribution in [-0.4, -0.2) is 50.4 Å². The third kappa shape index (κ3) is 4.11. The molecule has 2 N–H and O–H groups in total. The first-order valence-corrected chi connectivity index (χ1v) is 9.04. The quantitative estimate of drug-likeness (QED) is 0.825. The van der Waals surface area contributed by atoms with Crippen LogP contribution in [0.15, 0.2) is 23.0 Å². The lowest BCUT2D eigenvalue weighted by Gasteiger charge is -2.32. The topological polar surface area (TPSA) is 83.3 Å². The molecule has 0 unspecified atom stereocenters. The van der Waals surface area contributed by atoms with Gasteiger partial charge in [-0.05, 0) is 44.1 Å². The maximum absolute atomic E-state index is 12.8. The van der Waals surface area contributed by atoms with Crippen LogP contribution in [0.25, 0.3) is 11.3 Å². The van der Waals surface area contributed by atoms with Gasteiger partial charge < -0.3 is 15.3 Å². The molecule has 152 valence electrons. The molecule has 0 bridgehead atoms. The molecule has 1 atom stereocenters. The number of aromatic nitrogens is 3. The standard InChI is InChI=1S/C18H22F3N5O2/c1-3-26-8-4-5-12(10-26)22-17-24-23-15(16(28)25(17)2)13-7-6-11(9-14(13)27)18(19,20)21/h6-7,9,12,27H,3-5,8,10H2,1-2H3,(H,22,24)/t12-/m1/s1. The largest absolute Gasteiger partial charge is 0.507 e. The fourth-order valence-electron chi connectivity index (χ4n) is 3.31. The molecule has 1 aromatic carbocycles. The smallest absolute Gasteiger partial charge is 0.416 e. The van der Waals surface area contributed by atoms with E-state index in [4.69, 9.17) is 0 Å². The summed E-state index contributed by atoms with van der Waals surface area (Å²) >= 11 is 0. The van der Waals surface area contributed by atoms with Gasteiger partial charge in [-0.15, -0.1) is 10.2 Å². The van der Waals surface area contributed by atoms with E-state index < -0.39 is 23.0 Å². The van der Waals surface area contributed by atoms with Crippen LogP contribution in [0, 0.1) is 0 Å². The van der Waals surface area contributed by atoms with Gasteiger partial charge in [0.05, 0.1) is 5.56 Å². The van der Waals surface area contributed by atoms with Crippen molar-refractivity contribution in [3.05, 3.63) is 34.1 Å². The molecule has 1 aromatic heterocycles. The van der Waals surface area contributed by atoms with Crippen LogP contribution in [0.4, 0.5) is 19.1 Å². The van der Waals surface area contributed by atoms with Crippen LogP contribution in [0.5, 0.6) is 5.75 Å². The Morgan fingerprint density at radius 3 is 2.71 bits per heavy atom. The molecule has 28 heavy (non-hydrogen) atoms. The number of anilines is 1. The van der Waals surface area contributed by atoms with E-state index in [1.54, 1.807) is 0 Å². The molecular formula is C18H22F3N5O2. The Kier molecular flexibility index (Phi) is 5.59. The first kappa shape index (κ1) is 20.1. The summed E-state index contributed by atoms with van der Waals surface area (Å²) in [4.78, 5) is 15.0. The van der Waals surface area contributed by atoms with E-state index in [1.165, 1.54) is 11.6 Å². The van der Waals surface area contributed by atoms with Crippen molar-refractivity contribution in [1.82, 2.24) is 19.7 Å². The van der Waals surface area contributed by atoms with Crippen molar-refractivity contribution < 1.29 is 18.3 Å². The van der Waals surface area contributed by atoms with Gasteiger partial charge in [-0.3, -0.25) is 9.36 Å². The van der Waals surface area contributed by atoms with Gasteiger partial charge in [0, 0.05) is 25.2 Å². The summed E-state index contributed by atoms with van der Waals surface area (Å²) < 4.78 is 39.5. The number of phenols is 1. The average molecular weight is 397 g/mol. The van der Waals surface area contributed by atoms with Crippen LogP contribution in [0.2, 0.25) is 0 Å². The molecule has 0 spiro atoms. The van der Waals surface area contributed by atoms with Crippen molar-refractivity contribution in [3.8, 4) is 17.0 Å². The highest BCUT2D eigenvalue weighted by molar-refractivity contribution is 5.66. The average Bonchev–Trinajstić information content (AvgIpc) is 2.65. The first-order valence-electron chi connectivity index (χ1n) is 9.04. The van der Waals surface area contributed by atoms with Crippen molar-refractivity contribution in [2.45, 2.75) is 32.0 Å². The molecule has 10 heteroatoms. The van der Waals surface area contributed by atoms with Crippen molar-refractivity contribution in [2.75, 3.05) is 25.0 Å². The molecule has 0 radical (unpaired) electrons. The predicted molar refractivity (Wildman–Crippen MR) is 98.1 cm³/mol. The van der Waals surface area contributed by atoms with Gasteiger partial charge in [0.15, 0.2) is 5.69 Å². The maximum atomic E-state index is 12.8. The lowest BCUT2D eigenvalue weighted by molar-refractivity contribution is -0.137. The maximum Gasteiger partial charge on any atom is 0.416 e. The summed E-state index contributed by atoms with van der Waals surface area (Å²) in [5.41, 5.74) is -1.87. The van der Waals surface area contributed by atoms with E-state index in [9.17, 15) is 23.1 Å². The molecule has 1 saturated heterocycles. The summed E-state index contributed by atoms with van der Waals surface area (Å²) in [6.07, 6.45) is -2.62. The number of piperidine rings is 1. The number of phenolic OH excluding ortho intramolecular Hbond substituents is 1. The van der Waals surface area contributed by atoms with E-state index in [1.807, 2.05) is 0 Å². The lowest BCUT2D eigenvalue weighted by atomic mass is 10.1. The number of benzene rings is 1. The molecule has 7 nitrogen and oxygen atoms in total. The number of nitrogens with one attached hydrogen (secondary N) is 1. The fourth-order valence-corrected chi connectivity index (χ4v) is 3.31. The minimum absolute atomic E-state index is 0.0949. The minimum Gasteiger partial charge on any atom is -0.507 e. The second-order valence-electron chi connectivity index (χ2n) is 6.84. The first-order chi connectivity index (χ1) is 13.2. The second-order valence-corrected chi connectivity index (χ2v) is 6.84. The predicted octanol–water partition coefficient (Wildman–Crippen LogP) is 2.46. The molecular weight excluding hydrogens is 375 g/mol. The van der Waals surface area contributed by atoms with E-state index >= 15 is 0 Å². The van der Waals surface area contributed by atoms with Crippen LogP contribution in [-0.2, 0) is 13.2 Å². The number of likely N-dealkylation sites (tertiary alicyclic amines) is 1. The summed E-state index contributed by atoms with van der Waals surface area (Å²) in [5.74, 6) is -0.393. The molecule has 0 amide bonds. The fraction of sp³-hybridized carbons (Fsp3) is 0.500. The Hall–Kier alpha value is -2.62. The molecule has 1 aliphatic rings. The highest BCUT2D eigenvalue weighted by Crippen LogP contribution is 2.35. The van der Waals surface area contributed by atoms with Crippen LogP contribution >= 0.6 is 0 Å². The number of hydrogen-bond acceptors (Lipinski definition) is 6. The zero-order chi connectivity index (χ0) is 20.5. The summed E-state index contributed by atoms with van der Waals surface area (Å²) in [7, 11) is 1.50. The van der Waals surface area contributed by atoms with Gasteiger partial charge in [0.25, 0.3) is 5.56 Å². The van der Waals surface area contributed by atoms with E-state index in [0.29, 0.717) is 6.07 Å². The molecule has 2 aromatic rings. The Morgan fingerprint density at radius 2 is 2.07 bits per heavy atom. The van der Waals surface area contributed by atoms with E-state index in [2.05, 4.69) is 27.3 Å². The normalized spacial score (nSPS) is 18.2. The Bertz CT molecular complexity index is 913. The third-order valence-corrected chi connectivity index (χ3v) is 4.94. The van der Waals surface area contributed by atoms with Gasteiger partial charge >= 0.3 is 6.18 Å². The molecule has 3 rings (SSSR count). The zero-order valence-corrected chi connectivity index (χ0v) is 15.6. The van der Waals surface area contributed by atoms with Crippen molar-refractivity contribution in [3.63, 3.8) is 0 Å². The highest BCUT2D eigenvalue weighted by atomic mass is 19.4. The van der Waals surface area contributed by atoms with Crippen molar-refractivity contribution >= 4 is 5.95 Å². The highest BCUT2D eigenvalue weighted by Gasteiger charge is 2.31. The summed E-state index contributed by atoms with van der Waals surface area (Å²) in [6, 6.07) is 2.52. The number of nitrogens with zero attached hydrogens (tertiary/aromatic N) is 4. The summed E-state index contributed by atoms with van der Waals surface area (Å²) in [5, 5.41) is 21.1. The van der Waals surface area contributed by atoms with Gasteiger partial charge in [0.2, 0.25) is 5.95 Å². The molecule has 0 aliphatic carbocycles. The number of halogens is 3. The lowest BCUT2D eigenvalue weighted by Crippen LogP contribution is -2.43. The van der Waals surface area contributed by atoms with E-state index in [-0.39, 0.29) is 23.2 Å². The molecule has 1 aliphatic heterocycles. The van der Waals surface area contributed by atoms with Gasteiger partial charge in [-0.1, -0.05) is 6.92 Å². The molecule has 1 fully saturated rings. The third-order valence-electron chi connectivity index (χ3n) is 4.94. The summed E-state index contributed by atoms with van der Waals surface area (Å²) in [6.45, 7) is 4.89. The van der Waals surface area contributed by atoms with Crippen LogP contribution in [0.1, 0.15) is 25.3 Å². The minimum atomic E-state index is -4.59.